The van der Waals surface area contributed by atoms with Gasteiger partial charge in [-0.25, -0.2) is 0 Å². The first-order valence-corrected chi connectivity index (χ1v) is 2.59. The number of hydrogen-bond acceptors (Lipinski definition) is 1. The summed E-state index contributed by atoms with van der Waals surface area (Å²) in [4.78, 5) is 1.72. The third-order valence-corrected chi connectivity index (χ3v) is 1.02. The molecular weight excluding hydrogens is 102 g/mol. The summed E-state index contributed by atoms with van der Waals surface area (Å²) in [5, 5.41) is 4.26. The molecule has 0 saturated heterocycles. The molecule has 3 nitrogen and oxygen atoms in total. The van der Waals surface area contributed by atoms with E-state index in [1.54, 1.807) is 19.0 Å². The fraction of sp³-hybridized carbons (Fsp3) is 0.800. The summed E-state index contributed by atoms with van der Waals surface area (Å²) in [5.74, 6) is 0.350. The van der Waals surface area contributed by atoms with E-state index in [9.17, 15) is 0 Å². The molecule has 0 rings (SSSR count). The first-order valence-electron chi connectivity index (χ1n) is 3.48. The van der Waals surface area contributed by atoms with Crippen LogP contribution in [0.25, 0.3) is 0 Å². The maximum absolute atomic E-state index is 7.11. The van der Waals surface area contributed by atoms with Crippen LogP contribution in [0.15, 0.2) is 0 Å². The summed E-state index contributed by atoms with van der Waals surface area (Å²) in [6.45, 7) is 2.69. The van der Waals surface area contributed by atoms with Gasteiger partial charge in [0.15, 0.2) is 8.78 Å². The Balaban J connectivity index is 4.08. The lowest BCUT2D eigenvalue weighted by molar-refractivity contribution is 0.513. The zero-order chi connectivity index (χ0) is 8.15. The second-order valence-electron chi connectivity index (χ2n) is 1.54. The molecule has 0 radical (unpaired) electrons. The van der Waals surface area contributed by atoms with Crippen molar-refractivity contribution < 1.29 is 2.82 Å². The van der Waals surface area contributed by atoms with Gasteiger partial charge in [0.25, 0.3) is 0 Å². The summed E-state index contributed by atoms with van der Waals surface area (Å²) >= 11 is 0. The van der Waals surface area contributed by atoms with Crippen molar-refractivity contribution in [3.63, 3.8) is 0 Å². The minimum absolute atomic E-state index is 0.350. The summed E-state index contributed by atoms with van der Waals surface area (Å²) in [7, 11) is 3.33. The van der Waals surface area contributed by atoms with Crippen LogP contribution in [0.3, 0.4) is 0 Å². The third-order valence-electron chi connectivity index (χ3n) is 1.02. The zero-order valence-electron chi connectivity index (χ0n) is 7.55. The quantitative estimate of drug-likeness (QED) is 0.377. The number of hydrogen-bond donors (Lipinski definition) is 2. The first-order chi connectivity index (χ1) is 4.63. The first kappa shape index (κ1) is 4.18. The summed E-state index contributed by atoms with van der Waals surface area (Å²) in [6.07, 6.45) is 0. The van der Waals surface area contributed by atoms with Crippen molar-refractivity contribution in [2.24, 2.45) is 0 Å². The summed E-state index contributed by atoms with van der Waals surface area (Å²) < 4.78 is 13.8. The van der Waals surface area contributed by atoms with Gasteiger partial charge in [-0.1, -0.05) is 0 Å². The van der Waals surface area contributed by atoms with Crippen LogP contribution in [0.5, 0.6) is 0 Å². The van der Waals surface area contributed by atoms with E-state index in [1.807, 2.05) is 6.92 Å². The lowest BCUT2D eigenvalue weighted by Crippen LogP contribution is -2.35. The molecule has 0 spiro atoms. The molecule has 0 aliphatic carbocycles. The van der Waals surface area contributed by atoms with E-state index >= 15 is 0 Å². The van der Waals surface area contributed by atoms with E-state index in [4.69, 9.17) is 2.82 Å². The van der Waals surface area contributed by atoms with Crippen LogP contribution in [0.1, 0.15) is 6.92 Å². The molecule has 48 valence electrons. The van der Waals surface area contributed by atoms with Crippen LogP contribution >= 0.6 is 0 Å². The molecule has 0 aromatic heterocycles. The van der Waals surface area contributed by atoms with E-state index in [2.05, 4.69) is 5.40 Å². The van der Waals surface area contributed by atoms with Gasteiger partial charge in [0.2, 0.25) is 0 Å². The van der Waals surface area contributed by atoms with E-state index in [0.29, 0.717) is 5.96 Å². The van der Waals surface area contributed by atoms with Gasteiger partial charge in [0.1, 0.15) is 0 Å². The topological polar surface area (TPSA) is 39.1 Å². The Morgan fingerprint density at radius 1 is 2.12 bits per heavy atom. The normalized spacial score (nSPS) is 14.6. The van der Waals surface area contributed by atoms with Crippen LogP contribution in [0, 0.1) is 5.40 Å². The Morgan fingerprint density at radius 2 is 2.75 bits per heavy atom. The third kappa shape index (κ3) is 1.82. The lowest BCUT2D eigenvalue weighted by Gasteiger charge is -2.15. The molecule has 0 aliphatic rings. The molecule has 0 aromatic rings. The highest BCUT2D eigenvalue weighted by atomic mass is 15.2. The van der Waals surface area contributed by atoms with Crippen molar-refractivity contribution in [3.8, 4) is 0 Å². The van der Waals surface area contributed by atoms with E-state index in [0.717, 1.165) is 11.9 Å². The Kier molecular flexibility index (Phi) is 1.72. The van der Waals surface area contributed by atoms with Gasteiger partial charge >= 0.3 is 0 Å². The lowest BCUT2D eigenvalue weighted by atomic mass is 10.6. The largest absolute Gasteiger partial charge is 0.359 e. The minimum Gasteiger partial charge on any atom is -0.359 e. The van der Waals surface area contributed by atoms with Gasteiger partial charge in [-0.3, -0.25) is 5.40 Å². The highest BCUT2D eigenvalue weighted by Gasteiger charge is 1.94. The van der Waals surface area contributed by atoms with Gasteiger partial charge in [-0.15, -0.1) is 0 Å². The Labute approximate surface area is 53.1 Å². The van der Waals surface area contributed by atoms with Crippen molar-refractivity contribution in [3.05, 3.63) is 0 Å². The Bertz CT molecular complexity index is 124. The monoisotopic (exact) mass is 117 g/mol. The highest BCUT2D eigenvalue weighted by molar-refractivity contribution is 5.75. The Morgan fingerprint density at radius 3 is 2.88 bits per heavy atom. The fourth-order valence-electron chi connectivity index (χ4n) is 0.312. The van der Waals surface area contributed by atoms with Crippen LogP contribution in [-0.4, -0.2) is 31.5 Å². The molecule has 0 amide bonds. The molecule has 0 aromatic carbocycles. The van der Waals surface area contributed by atoms with Gasteiger partial charge in [0.05, 0.1) is 0 Å². The molecular formula is C5H13N3. The van der Waals surface area contributed by atoms with Crippen LogP contribution < -0.4 is 5.31 Å². The van der Waals surface area contributed by atoms with Crippen molar-refractivity contribution in [2.75, 3.05) is 20.6 Å². The SMILES string of the molecule is [2H]N=C(N([2H])C)N(C)CC. The zero-order valence-corrected chi connectivity index (χ0v) is 5.55. The molecule has 8 heavy (non-hydrogen) atoms. The molecule has 0 bridgehead atoms. The van der Waals surface area contributed by atoms with Gasteiger partial charge < -0.3 is 10.2 Å². The van der Waals surface area contributed by atoms with Gasteiger partial charge in [0, 0.05) is 20.6 Å². The van der Waals surface area contributed by atoms with E-state index in [-0.39, 0.29) is 0 Å². The Hall–Kier alpha value is -0.730. The summed E-state index contributed by atoms with van der Waals surface area (Å²) in [6, 6.07) is 0. The molecule has 0 unspecified atom stereocenters. The van der Waals surface area contributed by atoms with Crippen LogP contribution in [-0.2, 0) is 0 Å². The molecule has 0 saturated carbocycles. The predicted octanol–water partition coefficient (Wildman–Crippen LogP) is 0.0923. The average Bonchev–Trinajstić information content (AvgIpc) is 1.88. The minimum atomic E-state index is 0.350. The number of guanidine groups is 1. The van der Waals surface area contributed by atoms with E-state index in [1.165, 1.54) is 0 Å². The predicted molar refractivity (Wildman–Crippen MR) is 35.1 cm³/mol. The second-order valence-corrected chi connectivity index (χ2v) is 1.54. The van der Waals surface area contributed by atoms with Crippen molar-refractivity contribution in [1.82, 2.24) is 10.2 Å². The number of nitrogens with one attached hydrogen (secondary N) is 2. The van der Waals surface area contributed by atoms with Crippen molar-refractivity contribution in [2.45, 2.75) is 6.92 Å². The standard InChI is InChI=1S/C5H13N3/c1-4-8(3)5(6)7-2/h4H2,1-3H3,(H2,6,7)/i/hD2. The van der Waals surface area contributed by atoms with E-state index < -0.39 is 0 Å². The molecule has 0 heterocycles. The maximum Gasteiger partial charge on any atom is 0.191 e. The summed E-state index contributed by atoms with van der Waals surface area (Å²) in [5.41, 5.74) is 0. The molecule has 0 fully saturated rings. The molecule has 0 atom stereocenters. The molecule has 0 aliphatic heterocycles. The highest BCUT2D eigenvalue weighted by Crippen LogP contribution is 1.76. The maximum atomic E-state index is 7.11. The van der Waals surface area contributed by atoms with Crippen molar-refractivity contribution >= 4 is 5.96 Å². The van der Waals surface area contributed by atoms with Gasteiger partial charge in [-0.05, 0) is 6.92 Å². The fourth-order valence-corrected chi connectivity index (χ4v) is 0.312. The smallest absolute Gasteiger partial charge is 0.191 e. The van der Waals surface area contributed by atoms with Crippen molar-refractivity contribution in [1.29, 1.82) is 5.40 Å². The number of nitrogens with zero attached hydrogens (tertiary/aromatic N) is 1. The number of rotatable bonds is 1. The second kappa shape index (κ2) is 3.29. The molecule has 2 N–H and O–H groups in total. The van der Waals surface area contributed by atoms with Crippen LogP contribution in [0.2, 0.25) is 2.82 Å². The van der Waals surface area contributed by atoms with Crippen LogP contribution in [0.4, 0.5) is 0 Å². The average molecular weight is 117 g/mol. The van der Waals surface area contributed by atoms with Gasteiger partial charge in [-0.2, -0.15) is 0 Å². The molecule has 3 heteroatoms.